The zero-order valence-corrected chi connectivity index (χ0v) is 10.6. The molecular weight excluding hydrogens is 237 g/mol. The minimum Gasteiger partial charge on any atom is -0.304 e. The highest BCUT2D eigenvalue weighted by atomic mass is 32.1. The predicted octanol–water partition coefficient (Wildman–Crippen LogP) is 2.84. The van der Waals surface area contributed by atoms with Crippen molar-refractivity contribution in [3.63, 3.8) is 0 Å². The molecule has 0 aliphatic rings. The summed E-state index contributed by atoms with van der Waals surface area (Å²) in [7, 11) is 0. The van der Waals surface area contributed by atoms with Gasteiger partial charge in [0.05, 0.1) is 23.1 Å². The van der Waals surface area contributed by atoms with Gasteiger partial charge in [-0.2, -0.15) is 0 Å². The van der Waals surface area contributed by atoms with Gasteiger partial charge in [0.1, 0.15) is 5.82 Å². The number of pyridine rings is 1. The van der Waals surface area contributed by atoms with E-state index in [2.05, 4.69) is 15.3 Å². The van der Waals surface area contributed by atoms with Crippen LogP contribution in [0.4, 0.5) is 4.39 Å². The molecule has 90 valence electrons. The average Bonchev–Trinajstić information content (AvgIpc) is 2.73. The first-order chi connectivity index (χ1) is 8.16. The summed E-state index contributed by atoms with van der Waals surface area (Å²) in [6.07, 6.45) is 1.24. The molecular formula is C12H14FN3S. The third kappa shape index (κ3) is 3.08. The lowest BCUT2D eigenvalue weighted by Gasteiger charge is -2.12. The van der Waals surface area contributed by atoms with Gasteiger partial charge in [-0.05, 0) is 26.0 Å². The summed E-state index contributed by atoms with van der Waals surface area (Å²) >= 11 is 1.64. The molecule has 0 spiro atoms. The maximum Gasteiger partial charge on any atom is 0.141 e. The van der Waals surface area contributed by atoms with E-state index in [4.69, 9.17) is 0 Å². The summed E-state index contributed by atoms with van der Waals surface area (Å²) in [6, 6.07) is 3.22. The van der Waals surface area contributed by atoms with Gasteiger partial charge < -0.3 is 5.32 Å². The number of nitrogens with one attached hydrogen (secondary N) is 1. The number of hydrogen-bond donors (Lipinski definition) is 1. The Labute approximate surface area is 104 Å². The highest BCUT2D eigenvalue weighted by Gasteiger charge is 2.08. The van der Waals surface area contributed by atoms with Gasteiger partial charge in [0.25, 0.3) is 0 Å². The number of halogens is 1. The maximum absolute atomic E-state index is 12.7. The molecule has 0 aliphatic carbocycles. The van der Waals surface area contributed by atoms with Crippen LogP contribution in [0.25, 0.3) is 0 Å². The van der Waals surface area contributed by atoms with Crippen molar-refractivity contribution in [3.8, 4) is 0 Å². The molecule has 0 saturated heterocycles. The molecule has 5 heteroatoms. The molecule has 0 amide bonds. The Bertz CT molecular complexity index is 481. The predicted molar refractivity (Wildman–Crippen MR) is 66.3 cm³/mol. The Kier molecular flexibility index (Phi) is 3.81. The van der Waals surface area contributed by atoms with Crippen molar-refractivity contribution in [2.75, 3.05) is 0 Å². The quantitative estimate of drug-likeness (QED) is 0.908. The molecule has 2 heterocycles. The topological polar surface area (TPSA) is 37.8 Å². The average molecular weight is 251 g/mol. The third-order valence-electron chi connectivity index (χ3n) is 2.61. The number of rotatable bonds is 4. The normalized spacial score (nSPS) is 12.6. The van der Waals surface area contributed by atoms with Crippen molar-refractivity contribution in [1.82, 2.24) is 15.3 Å². The first kappa shape index (κ1) is 12.1. The molecule has 1 unspecified atom stereocenters. The van der Waals surface area contributed by atoms with Gasteiger partial charge in [0.15, 0.2) is 0 Å². The molecule has 1 N–H and O–H groups in total. The molecule has 0 aromatic carbocycles. The van der Waals surface area contributed by atoms with Crippen LogP contribution in [0.2, 0.25) is 0 Å². The molecule has 2 aromatic rings. The van der Waals surface area contributed by atoms with E-state index in [1.807, 2.05) is 19.4 Å². The van der Waals surface area contributed by atoms with Gasteiger partial charge in [0.2, 0.25) is 0 Å². The van der Waals surface area contributed by atoms with Crippen LogP contribution in [0, 0.1) is 12.7 Å². The monoisotopic (exact) mass is 251 g/mol. The van der Waals surface area contributed by atoms with Crippen LogP contribution in [-0.4, -0.2) is 9.97 Å². The SMILES string of the molecule is Cc1ncsc1CNC(C)c1ccc(F)cn1. The summed E-state index contributed by atoms with van der Waals surface area (Å²) in [5.41, 5.74) is 3.74. The minimum atomic E-state index is -0.306. The summed E-state index contributed by atoms with van der Waals surface area (Å²) < 4.78 is 12.7. The van der Waals surface area contributed by atoms with Crippen LogP contribution >= 0.6 is 11.3 Å². The lowest BCUT2D eigenvalue weighted by molar-refractivity contribution is 0.556. The second kappa shape index (κ2) is 5.33. The molecule has 2 rings (SSSR count). The molecule has 0 saturated carbocycles. The van der Waals surface area contributed by atoms with Crippen molar-refractivity contribution in [3.05, 3.63) is 45.9 Å². The molecule has 3 nitrogen and oxygen atoms in total. The molecule has 17 heavy (non-hydrogen) atoms. The van der Waals surface area contributed by atoms with E-state index in [1.165, 1.54) is 17.1 Å². The Morgan fingerprint density at radius 2 is 2.24 bits per heavy atom. The zero-order valence-electron chi connectivity index (χ0n) is 9.77. The fourth-order valence-corrected chi connectivity index (χ4v) is 2.22. The molecule has 0 radical (unpaired) electrons. The first-order valence-electron chi connectivity index (χ1n) is 5.40. The number of thiazole rings is 1. The second-order valence-corrected chi connectivity index (χ2v) is 4.80. The highest BCUT2D eigenvalue weighted by molar-refractivity contribution is 7.09. The van der Waals surface area contributed by atoms with Crippen molar-refractivity contribution in [2.24, 2.45) is 0 Å². The first-order valence-corrected chi connectivity index (χ1v) is 6.28. The molecule has 0 bridgehead atoms. The van der Waals surface area contributed by atoms with E-state index in [9.17, 15) is 4.39 Å². The fourth-order valence-electron chi connectivity index (χ4n) is 1.49. The van der Waals surface area contributed by atoms with Crippen LogP contribution < -0.4 is 5.32 Å². The van der Waals surface area contributed by atoms with E-state index >= 15 is 0 Å². The number of hydrogen-bond acceptors (Lipinski definition) is 4. The van der Waals surface area contributed by atoms with Gasteiger partial charge in [-0.3, -0.25) is 4.98 Å². The summed E-state index contributed by atoms with van der Waals surface area (Å²) in [4.78, 5) is 9.46. The van der Waals surface area contributed by atoms with Gasteiger partial charge >= 0.3 is 0 Å². The molecule has 2 aromatic heterocycles. The third-order valence-corrected chi connectivity index (χ3v) is 3.54. The zero-order chi connectivity index (χ0) is 12.3. The Morgan fingerprint density at radius 3 is 2.82 bits per heavy atom. The van der Waals surface area contributed by atoms with Gasteiger partial charge in [-0.1, -0.05) is 0 Å². The highest BCUT2D eigenvalue weighted by Crippen LogP contribution is 2.15. The van der Waals surface area contributed by atoms with Crippen molar-refractivity contribution in [1.29, 1.82) is 0 Å². The van der Waals surface area contributed by atoms with E-state index in [0.717, 1.165) is 17.9 Å². The van der Waals surface area contributed by atoms with Gasteiger partial charge in [-0.25, -0.2) is 9.37 Å². The summed E-state index contributed by atoms with van der Waals surface area (Å²) in [5.74, 6) is -0.306. The minimum absolute atomic E-state index is 0.0945. The van der Waals surface area contributed by atoms with Crippen LogP contribution in [0.1, 0.15) is 29.2 Å². The van der Waals surface area contributed by atoms with Gasteiger partial charge in [-0.15, -0.1) is 11.3 Å². The van der Waals surface area contributed by atoms with Crippen LogP contribution in [-0.2, 0) is 6.54 Å². The Balaban J connectivity index is 1.95. The standard InChI is InChI=1S/C12H14FN3S/c1-8(11-4-3-10(13)5-15-11)14-6-12-9(2)16-7-17-12/h3-5,7-8,14H,6H2,1-2H3. The fraction of sp³-hybridized carbons (Fsp3) is 0.333. The van der Waals surface area contributed by atoms with E-state index in [-0.39, 0.29) is 11.9 Å². The largest absolute Gasteiger partial charge is 0.304 e. The summed E-state index contributed by atoms with van der Waals surface area (Å²) in [5, 5.41) is 3.35. The van der Waals surface area contributed by atoms with E-state index in [1.54, 1.807) is 17.4 Å². The molecule has 0 fully saturated rings. The van der Waals surface area contributed by atoms with Crippen molar-refractivity contribution >= 4 is 11.3 Å². The molecule has 0 aliphatic heterocycles. The van der Waals surface area contributed by atoms with Crippen LogP contribution in [0.5, 0.6) is 0 Å². The van der Waals surface area contributed by atoms with Crippen LogP contribution in [0.3, 0.4) is 0 Å². The Morgan fingerprint density at radius 1 is 1.41 bits per heavy atom. The van der Waals surface area contributed by atoms with Crippen molar-refractivity contribution < 1.29 is 4.39 Å². The van der Waals surface area contributed by atoms with E-state index < -0.39 is 0 Å². The lowest BCUT2D eigenvalue weighted by atomic mass is 10.2. The van der Waals surface area contributed by atoms with E-state index in [0.29, 0.717) is 0 Å². The number of aryl methyl sites for hydroxylation is 1. The Hall–Kier alpha value is -1.33. The second-order valence-electron chi connectivity index (χ2n) is 3.86. The smallest absolute Gasteiger partial charge is 0.141 e. The van der Waals surface area contributed by atoms with Crippen molar-refractivity contribution in [2.45, 2.75) is 26.4 Å². The maximum atomic E-state index is 12.7. The summed E-state index contributed by atoms with van der Waals surface area (Å²) in [6.45, 7) is 4.77. The lowest BCUT2D eigenvalue weighted by Crippen LogP contribution is -2.19. The number of nitrogens with zero attached hydrogens (tertiary/aromatic N) is 2. The van der Waals surface area contributed by atoms with Crippen LogP contribution in [0.15, 0.2) is 23.8 Å². The number of aromatic nitrogens is 2. The molecule has 1 atom stereocenters. The van der Waals surface area contributed by atoms with Gasteiger partial charge in [0, 0.05) is 17.5 Å².